The number of likely N-dealkylation sites (N-methyl/N-ethyl adjacent to an activating group) is 1. The molecule has 3 nitrogen and oxygen atoms in total. The first-order valence-electron chi connectivity index (χ1n) is 5.32. The maximum Gasteiger partial charge on any atom is 0.123 e. The number of nitrogens with two attached hydrogens (primary N) is 1. The summed E-state index contributed by atoms with van der Waals surface area (Å²) >= 11 is 0. The van der Waals surface area contributed by atoms with Gasteiger partial charge >= 0.3 is 0 Å². The molecule has 0 spiro atoms. The van der Waals surface area contributed by atoms with E-state index in [1.54, 1.807) is 7.11 Å². The Morgan fingerprint density at radius 1 is 1.40 bits per heavy atom. The third-order valence-electron chi connectivity index (χ3n) is 3.03. The minimum atomic E-state index is 0.548. The lowest BCUT2D eigenvalue weighted by Gasteiger charge is -2.26. The van der Waals surface area contributed by atoms with E-state index in [0.29, 0.717) is 6.54 Å². The Hall–Kier alpha value is -1.06. The van der Waals surface area contributed by atoms with E-state index in [0.717, 1.165) is 30.8 Å². The summed E-state index contributed by atoms with van der Waals surface area (Å²) in [6.07, 6.45) is 1.11. The zero-order valence-corrected chi connectivity index (χ0v) is 9.42. The first-order valence-corrected chi connectivity index (χ1v) is 5.32. The molecule has 82 valence electrons. The lowest BCUT2D eigenvalue weighted by molar-refractivity contribution is 0.311. The van der Waals surface area contributed by atoms with Crippen LogP contribution in [0.1, 0.15) is 16.7 Å². The summed E-state index contributed by atoms with van der Waals surface area (Å²) in [6, 6.07) is 4.33. The first-order chi connectivity index (χ1) is 7.24. The standard InChI is InChI=1S/C12H18N2O/c1-14-4-3-9-5-10(7-13)12(15-2)6-11(9)8-14/h5-6H,3-4,7-8,13H2,1-2H3. The molecule has 0 saturated heterocycles. The van der Waals surface area contributed by atoms with E-state index in [4.69, 9.17) is 10.5 Å². The van der Waals surface area contributed by atoms with Crippen LogP contribution in [0.25, 0.3) is 0 Å². The average molecular weight is 206 g/mol. The number of methoxy groups -OCH3 is 1. The van der Waals surface area contributed by atoms with Gasteiger partial charge in [0.15, 0.2) is 0 Å². The molecular formula is C12H18N2O. The molecule has 1 aromatic carbocycles. The second-order valence-corrected chi connectivity index (χ2v) is 4.12. The molecule has 0 saturated carbocycles. The maximum absolute atomic E-state index is 5.70. The van der Waals surface area contributed by atoms with Crippen LogP contribution in [0.5, 0.6) is 5.75 Å². The highest BCUT2D eigenvalue weighted by atomic mass is 16.5. The molecule has 15 heavy (non-hydrogen) atoms. The molecular weight excluding hydrogens is 188 g/mol. The predicted molar refractivity (Wildman–Crippen MR) is 60.9 cm³/mol. The lowest BCUT2D eigenvalue weighted by Crippen LogP contribution is -2.26. The van der Waals surface area contributed by atoms with Crippen LogP contribution in [0.3, 0.4) is 0 Å². The van der Waals surface area contributed by atoms with Gasteiger partial charge in [-0.1, -0.05) is 6.07 Å². The molecule has 0 unspecified atom stereocenters. The number of hydrogen-bond acceptors (Lipinski definition) is 3. The van der Waals surface area contributed by atoms with Crippen LogP contribution in [-0.2, 0) is 19.5 Å². The quantitative estimate of drug-likeness (QED) is 0.788. The molecule has 1 aliphatic rings. The Kier molecular flexibility index (Phi) is 2.93. The highest BCUT2D eigenvalue weighted by molar-refractivity contribution is 5.43. The predicted octanol–water partition coefficient (Wildman–Crippen LogP) is 1.14. The third kappa shape index (κ3) is 1.98. The van der Waals surface area contributed by atoms with Crippen LogP contribution < -0.4 is 10.5 Å². The molecule has 0 aromatic heterocycles. The fraction of sp³-hybridized carbons (Fsp3) is 0.500. The summed E-state index contributed by atoms with van der Waals surface area (Å²) in [7, 11) is 3.85. The smallest absolute Gasteiger partial charge is 0.123 e. The Bertz CT molecular complexity index is 363. The van der Waals surface area contributed by atoms with E-state index in [9.17, 15) is 0 Å². The second kappa shape index (κ2) is 4.21. The topological polar surface area (TPSA) is 38.5 Å². The number of rotatable bonds is 2. The van der Waals surface area contributed by atoms with E-state index in [2.05, 4.69) is 24.1 Å². The molecule has 1 aliphatic heterocycles. The van der Waals surface area contributed by atoms with E-state index >= 15 is 0 Å². The largest absolute Gasteiger partial charge is 0.496 e. The molecule has 2 N–H and O–H groups in total. The van der Waals surface area contributed by atoms with Gasteiger partial charge in [0.05, 0.1) is 7.11 Å². The molecule has 3 heteroatoms. The molecule has 2 rings (SSSR count). The summed E-state index contributed by atoms with van der Waals surface area (Å²) in [5, 5.41) is 0. The lowest BCUT2D eigenvalue weighted by atomic mass is 9.97. The van der Waals surface area contributed by atoms with E-state index in [-0.39, 0.29) is 0 Å². The maximum atomic E-state index is 5.70. The van der Waals surface area contributed by atoms with Gasteiger partial charge in [0.25, 0.3) is 0 Å². The van der Waals surface area contributed by atoms with Crippen LogP contribution in [0, 0.1) is 0 Å². The molecule has 1 heterocycles. The third-order valence-corrected chi connectivity index (χ3v) is 3.03. The summed E-state index contributed by atoms with van der Waals surface area (Å²) in [4.78, 5) is 2.32. The van der Waals surface area contributed by atoms with Crippen molar-refractivity contribution in [1.82, 2.24) is 4.90 Å². The number of hydrogen-bond donors (Lipinski definition) is 1. The molecule has 0 aliphatic carbocycles. The van der Waals surface area contributed by atoms with Crippen molar-refractivity contribution in [1.29, 1.82) is 0 Å². The number of fused-ring (bicyclic) bond motifs is 1. The Labute approximate surface area is 90.8 Å². The average Bonchev–Trinajstić information content (AvgIpc) is 2.27. The van der Waals surface area contributed by atoms with Gasteiger partial charge in [-0.25, -0.2) is 0 Å². The van der Waals surface area contributed by atoms with Crippen LogP contribution in [0.15, 0.2) is 12.1 Å². The fourth-order valence-electron chi connectivity index (χ4n) is 2.13. The van der Waals surface area contributed by atoms with Gasteiger partial charge in [-0.3, -0.25) is 0 Å². The van der Waals surface area contributed by atoms with Crippen LogP contribution in [-0.4, -0.2) is 25.6 Å². The van der Waals surface area contributed by atoms with Crippen molar-refractivity contribution < 1.29 is 4.74 Å². The fourth-order valence-corrected chi connectivity index (χ4v) is 2.13. The van der Waals surface area contributed by atoms with Crippen LogP contribution >= 0.6 is 0 Å². The Morgan fingerprint density at radius 3 is 2.87 bits per heavy atom. The summed E-state index contributed by atoms with van der Waals surface area (Å²) in [6.45, 7) is 2.69. The van der Waals surface area contributed by atoms with Gasteiger partial charge in [-0.15, -0.1) is 0 Å². The minimum Gasteiger partial charge on any atom is -0.496 e. The van der Waals surface area contributed by atoms with Gasteiger partial charge in [0, 0.05) is 25.2 Å². The Morgan fingerprint density at radius 2 is 2.20 bits per heavy atom. The van der Waals surface area contributed by atoms with Crippen LogP contribution in [0.4, 0.5) is 0 Å². The van der Waals surface area contributed by atoms with Gasteiger partial charge in [-0.05, 0) is 30.7 Å². The van der Waals surface area contributed by atoms with Gasteiger partial charge in [-0.2, -0.15) is 0 Å². The van der Waals surface area contributed by atoms with Crippen molar-refractivity contribution in [3.05, 3.63) is 28.8 Å². The van der Waals surface area contributed by atoms with Gasteiger partial charge < -0.3 is 15.4 Å². The van der Waals surface area contributed by atoms with Gasteiger partial charge in [0.1, 0.15) is 5.75 Å². The minimum absolute atomic E-state index is 0.548. The van der Waals surface area contributed by atoms with Crippen molar-refractivity contribution in [3.63, 3.8) is 0 Å². The zero-order valence-electron chi connectivity index (χ0n) is 9.42. The SMILES string of the molecule is COc1cc2c(cc1CN)CCN(C)C2. The summed E-state index contributed by atoms with van der Waals surface area (Å²) in [5.74, 6) is 0.923. The van der Waals surface area contributed by atoms with E-state index < -0.39 is 0 Å². The normalized spacial score (nSPS) is 16.2. The highest BCUT2D eigenvalue weighted by Gasteiger charge is 2.15. The van der Waals surface area contributed by atoms with Gasteiger partial charge in [0.2, 0.25) is 0 Å². The monoisotopic (exact) mass is 206 g/mol. The highest BCUT2D eigenvalue weighted by Crippen LogP contribution is 2.27. The zero-order chi connectivity index (χ0) is 10.8. The van der Waals surface area contributed by atoms with Crippen molar-refractivity contribution in [2.45, 2.75) is 19.5 Å². The molecule has 0 atom stereocenters. The van der Waals surface area contributed by atoms with Crippen molar-refractivity contribution in [2.24, 2.45) is 5.73 Å². The summed E-state index contributed by atoms with van der Waals surface area (Å²) < 4.78 is 5.34. The summed E-state index contributed by atoms with van der Waals surface area (Å²) in [5.41, 5.74) is 9.61. The second-order valence-electron chi connectivity index (χ2n) is 4.12. The molecule has 1 aromatic rings. The molecule has 0 bridgehead atoms. The Balaban J connectivity index is 2.41. The molecule has 0 fully saturated rings. The number of ether oxygens (including phenoxy) is 1. The van der Waals surface area contributed by atoms with Crippen molar-refractivity contribution >= 4 is 0 Å². The number of benzene rings is 1. The van der Waals surface area contributed by atoms with Crippen molar-refractivity contribution in [2.75, 3.05) is 20.7 Å². The van der Waals surface area contributed by atoms with E-state index in [1.165, 1.54) is 11.1 Å². The molecule has 0 amide bonds. The van der Waals surface area contributed by atoms with Crippen molar-refractivity contribution in [3.8, 4) is 5.75 Å². The molecule has 0 radical (unpaired) electrons. The van der Waals surface area contributed by atoms with Crippen LogP contribution in [0.2, 0.25) is 0 Å². The number of nitrogens with zero attached hydrogens (tertiary/aromatic N) is 1. The first kappa shape index (κ1) is 10.5. The van der Waals surface area contributed by atoms with E-state index in [1.807, 2.05) is 0 Å².